The standard InChI is InChI=1S/C16H16N6O6S2/c17-15(21-19-9-11-5-1-3-7-13(11)29(23,24)25)16(18)22-20-10-12-6-2-4-8-14(12)30(26,27)28/h1-10H,(H2,17,21)(H2,18,22)(H,23,24,25)(H,26,27,28). The van der Waals surface area contributed by atoms with Gasteiger partial charge in [0.25, 0.3) is 20.2 Å². The lowest BCUT2D eigenvalue weighted by Crippen LogP contribution is -2.30. The molecule has 0 heterocycles. The van der Waals surface area contributed by atoms with Crippen LogP contribution in [0.1, 0.15) is 11.1 Å². The lowest BCUT2D eigenvalue weighted by atomic mass is 10.2. The third-order valence-corrected chi connectivity index (χ3v) is 5.24. The molecular weight excluding hydrogens is 436 g/mol. The topological polar surface area (TPSA) is 210 Å². The van der Waals surface area contributed by atoms with Crippen molar-refractivity contribution in [2.75, 3.05) is 0 Å². The normalized spacial score (nSPS) is 13.9. The quantitative estimate of drug-likeness (QED) is 0.206. The zero-order chi connectivity index (χ0) is 22.4. The third-order valence-electron chi connectivity index (χ3n) is 3.38. The molecule has 0 aliphatic carbocycles. The van der Waals surface area contributed by atoms with Gasteiger partial charge in [-0.2, -0.15) is 27.0 Å². The van der Waals surface area contributed by atoms with E-state index in [9.17, 15) is 16.8 Å². The molecule has 0 unspecified atom stereocenters. The fourth-order valence-electron chi connectivity index (χ4n) is 2.05. The molecule has 14 heteroatoms. The van der Waals surface area contributed by atoms with E-state index < -0.39 is 20.2 Å². The zero-order valence-corrected chi connectivity index (χ0v) is 16.7. The first-order valence-electron chi connectivity index (χ1n) is 7.86. The first-order chi connectivity index (χ1) is 14.0. The largest absolute Gasteiger partial charge is 0.379 e. The summed E-state index contributed by atoms with van der Waals surface area (Å²) < 4.78 is 63.6. The maximum absolute atomic E-state index is 11.3. The molecule has 0 saturated carbocycles. The van der Waals surface area contributed by atoms with Gasteiger partial charge in [0.15, 0.2) is 11.7 Å². The highest BCUT2D eigenvalue weighted by Gasteiger charge is 2.14. The summed E-state index contributed by atoms with van der Waals surface area (Å²) in [5, 5.41) is 14.3. The van der Waals surface area contributed by atoms with Crippen LogP contribution in [0.5, 0.6) is 0 Å². The van der Waals surface area contributed by atoms with Crippen molar-refractivity contribution in [3.8, 4) is 0 Å². The fourth-order valence-corrected chi connectivity index (χ4v) is 3.39. The van der Waals surface area contributed by atoms with Crippen molar-refractivity contribution in [1.82, 2.24) is 0 Å². The molecule has 0 amide bonds. The summed E-state index contributed by atoms with van der Waals surface area (Å²) in [5.74, 6) is -0.730. The van der Waals surface area contributed by atoms with Crippen LogP contribution in [0.4, 0.5) is 0 Å². The molecular formula is C16H16N6O6S2. The first-order valence-corrected chi connectivity index (χ1v) is 10.7. The lowest BCUT2D eigenvalue weighted by Gasteiger charge is -2.01. The number of hydrogen-bond donors (Lipinski definition) is 4. The van der Waals surface area contributed by atoms with Crippen LogP contribution in [0.3, 0.4) is 0 Å². The van der Waals surface area contributed by atoms with Gasteiger partial charge in [0.1, 0.15) is 9.79 Å². The van der Waals surface area contributed by atoms with Crippen LogP contribution in [-0.2, 0) is 20.2 Å². The van der Waals surface area contributed by atoms with Crippen LogP contribution in [0.15, 0.2) is 78.7 Å². The van der Waals surface area contributed by atoms with E-state index in [1.807, 2.05) is 0 Å². The molecule has 0 aliphatic heterocycles. The molecule has 0 saturated heterocycles. The number of nitrogens with two attached hydrogens (primary N) is 2. The molecule has 30 heavy (non-hydrogen) atoms. The maximum atomic E-state index is 11.3. The number of hydrogen-bond acceptors (Lipinski definition) is 8. The summed E-state index contributed by atoms with van der Waals surface area (Å²) in [6.07, 6.45) is 2.07. The van der Waals surface area contributed by atoms with Crippen molar-refractivity contribution in [3.05, 3.63) is 59.7 Å². The Balaban J connectivity index is 2.20. The SMILES string of the molecule is NC(=N\N=Cc1ccccc1S(=O)(=O)O)/C(N)=N/N=Cc1ccccc1S(=O)(=O)O. The molecule has 0 atom stereocenters. The van der Waals surface area contributed by atoms with E-state index in [1.54, 1.807) is 0 Å². The maximum Gasteiger partial charge on any atom is 0.295 e. The number of amidine groups is 2. The second-order valence-corrected chi connectivity index (χ2v) is 8.27. The number of benzene rings is 2. The van der Waals surface area contributed by atoms with Crippen LogP contribution in [0.25, 0.3) is 0 Å². The van der Waals surface area contributed by atoms with E-state index in [2.05, 4.69) is 20.4 Å². The molecule has 12 nitrogen and oxygen atoms in total. The Morgan fingerprint density at radius 1 is 0.700 bits per heavy atom. The first kappa shape index (κ1) is 22.8. The van der Waals surface area contributed by atoms with Crippen molar-refractivity contribution in [3.63, 3.8) is 0 Å². The van der Waals surface area contributed by atoms with Crippen molar-refractivity contribution in [2.45, 2.75) is 9.79 Å². The summed E-state index contributed by atoms with van der Waals surface area (Å²) >= 11 is 0. The van der Waals surface area contributed by atoms with E-state index >= 15 is 0 Å². The van der Waals surface area contributed by atoms with Crippen LogP contribution in [0, 0.1) is 0 Å². The van der Waals surface area contributed by atoms with E-state index in [1.165, 1.54) is 48.5 Å². The Labute approximate surface area is 171 Å². The monoisotopic (exact) mass is 452 g/mol. The number of rotatable bonds is 6. The highest BCUT2D eigenvalue weighted by Crippen LogP contribution is 2.13. The van der Waals surface area contributed by atoms with Gasteiger partial charge >= 0.3 is 0 Å². The average Bonchev–Trinajstić information content (AvgIpc) is 2.67. The van der Waals surface area contributed by atoms with Gasteiger partial charge in [-0.3, -0.25) is 9.11 Å². The Bertz CT molecular complexity index is 1170. The van der Waals surface area contributed by atoms with Gasteiger partial charge in [0.2, 0.25) is 0 Å². The molecule has 0 spiro atoms. The summed E-state index contributed by atoms with van der Waals surface area (Å²) in [4.78, 5) is -0.738. The van der Waals surface area contributed by atoms with E-state index in [-0.39, 0.29) is 32.6 Å². The summed E-state index contributed by atoms with van der Waals surface area (Å²) in [5.41, 5.74) is 11.3. The van der Waals surface area contributed by atoms with Crippen LogP contribution < -0.4 is 11.5 Å². The van der Waals surface area contributed by atoms with E-state index in [0.29, 0.717) is 0 Å². The Morgan fingerprint density at radius 3 is 1.37 bits per heavy atom. The molecule has 0 fully saturated rings. The second kappa shape index (κ2) is 9.36. The highest BCUT2D eigenvalue weighted by atomic mass is 32.2. The Morgan fingerprint density at radius 2 is 1.03 bits per heavy atom. The van der Waals surface area contributed by atoms with Crippen LogP contribution in [0.2, 0.25) is 0 Å². The molecule has 2 aromatic rings. The minimum atomic E-state index is -4.45. The van der Waals surface area contributed by atoms with Crippen LogP contribution >= 0.6 is 0 Å². The Kier molecular flexibility index (Phi) is 7.12. The van der Waals surface area contributed by atoms with Gasteiger partial charge < -0.3 is 11.5 Å². The number of nitrogens with zero attached hydrogens (tertiary/aromatic N) is 4. The highest BCUT2D eigenvalue weighted by molar-refractivity contribution is 7.86. The van der Waals surface area contributed by atoms with Crippen molar-refractivity contribution in [2.24, 2.45) is 31.9 Å². The van der Waals surface area contributed by atoms with Gasteiger partial charge in [-0.15, -0.1) is 10.2 Å². The summed E-state index contributed by atoms with van der Waals surface area (Å²) in [6.45, 7) is 0. The smallest absolute Gasteiger partial charge is 0.295 e. The van der Waals surface area contributed by atoms with Crippen molar-refractivity contribution in [1.29, 1.82) is 0 Å². The molecule has 0 aliphatic rings. The van der Waals surface area contributed by atoms with Gasteiger partial charge in [0.05, 0.1) is 12.4 Å². The Hall–Kier alpha value is -3.46. The van der Waals surface area contributed by atoms with Crippen molar-refractivity contribution >= 4 is 44.3 Å². The van der Waals surface area contributed by atoms with E-state index in [4.69, 9.17) is 20.6 Å². The summed E-state index contributed by atoms with van der Waals surface area (Å²) in [7, 11) is -8.90. The molecule has 0 radical (unpaired) electrons. The predicted molar refractivity (Wildman–Crippen MR) is 111 cm³/mol. The molecule has 158 valence electrons. The minimum Gasteiger partial charge on any atom is -0.379 e. The average molecular weight is 452 g/mol. The van der Waals surface area contributed by atoms with Crippen molar-refractivity contribution < 1.29 is 25.9 Å². The summed E-state index contributed by atoms with van der Waals surface area (Å²) in [6, 6.07) is 11.0. The predicted octanol–water partition coefficient (Wildman–Crippen LogP) is 0.262. The van der Waals surface area contributed by atoms with Gasteiger partial charge in [-0.25, -0.2) is 0 Å². The molecule has 6 N–H and O–H groups in total. The van der Waals surface area contributed by atoms with Gasteiger partial charge in [-0.1, -0.05) is 36.4 Å². The second-order valence-electron chi connectivity index (χ2n) is 5.49. The molecule has 2 rings (SSSR count). The molecule has 0 aromatic heterocycles. The third kappa shape index (κ3) is 6.28. The van der Waals surface area contributed by atoms with Gasteiger partial charge in [0, 0.05) is 11.1 Å². The fraction of sp³-hybridized carbons (Fsp3) is 0. The molecule has 0 bridgehead atoms. The zero-order valence-electron chi connectivity index (χ0n) is 15.1. The van der Waals surface area contributed by atoms with Gasteiger partial charge in [-0.05, 0) is 12.1 Å². The molecule has 2 aromatic carbocycles. The minimum absolute atomic E-state index is 0.0619. The van der Waals surface area contributed by atoms with E-state index in [0.717, 1.165) is 12.4 Å². The lowest BCUT2D eigenvalue weighted by molar-refractivity contribution is 0.481. The van der Waals surface area contributed by atoms with Crippen LogP contribution in [-0.4, -0.2) is 50.0 Å².